The van der Waals surface area contributed by atoms with Crippen molar-refractivity contribution in [3.63, 3.8) is 0 Å². The Kier molecular flexibility index (Phi) is 6.23. The molecule has 0 radical (unpaired) electrons. The van der Waals surface area contributed by atoms with Gasteiger partial charge in [0.2, 0.25) is 0 Å². The lowest BCUT2D eigenvalue weighted by Crippen LogP contribution is -2.50. The van der Waals surface area contributed by atoms with Gasteiger partial charge in [0.05, 0.1) is 0 Å². The van der Waals surface area contributed by atoms with E-state index in [0.717, 1.165) is 62.4 Å². The van der Waals surface area contributed by atoms with Crippen LogP contribution in [-0.2, 0) is 12.8 Å². The van der Waals surface area contributed by atoms with E-state index in [9.17, 15) is 9.18 Å². The van der Waals surface area contributed by atoms with Gasteiger partial charge in [-0.2, -0.15) is 0 Å². The Hall–Kier alpha value is -2.40. The van der Waals surface area contributed by atoms with E-state index in [1.165, 1.54) is 12.1 Å². The number of aryl methyl sites for hydroxylation is 1. The molecule has 0 aromatic heterocycles. The largest absolute Gasteiger partial charge is 0.322 e. The molecule has 5 heteroatoms. The number of para-hydroxylation sites is 1. The van der Waals surface area contributed by atoms with Crippen LogP contribution in [0.5, 0.6) is 0 Å². The molecule has 2 aromatic carbocycles. The number of hydrogen-bond acceptors (Lipinski definition) is 2. The summed E-state index contributed by atoms with van der Waals surface area (Å²) in [6, 6.07) is 14.6. The summed E-state index contributed by atoms with van der Waals surface area (Å²) in [6.07, 6.45) is 1.80. The zero-order valence-electron chi connectivity index (χ0n) is 15.2. The summed E-state index contributed by atoms with van der Waals surface area (Å²) in [7, 11) is 0. The van der Waals surface area contributed by atoms with Crippen molar-refractivity contribution in [2.75, 3.05) is 38.0 Å². The summed E-state index contributed by atoms with van der Waals surface area (Å²) in [6.45, 7) is 6.20. The molecule has 0 unspecified atom stereocenters. The Morgan fingerprint density at radius 3 is 2.42 bits per heavy atom. The van der Waals surface area contributed by atoms with Crippen LogP contribution in [0.2, 0.25) is 0 Å². The average Bonchev–Trinajstić information content (AvgIpc) is 2.68. The van der Waals surface area contributed by atoms with Crippen molar-refractivity contribution < 1.29 is 9.18 Å². The summed E-state index contributed by atoms with van der Waals surface area (Å²) in [5.41, 5.74) is 3.19. The quantitative estimate of drug-likeness (QED) is 0.886. The van der Waals surface area contributed by atoms with Gasteiger partial charge in [-0.05, 0) is 42.2 Å². The number of halogens is 1. The summed E-state index contributed by atoms with van der Waals surface area (Å²) in [5, 5.41) is 3.04. The van der Waals surface area contributed by atoms with Gasteiger partial charge < -0.3 is 10.2 Å². The van der Waals surface area contributed by atoms with Crippen LogP contribution in [0.3, 0.4) is 0 Å². The van der Waals surface area contributed by atoms with Crippen molar-refractivity contribution in [2.24, 2.45) is 0 Å². The second-order valence-electron chi connectivity index (χ2n) is 6.65. The van der Waals surface area contributed by atoms with Gasteiger partial charge >= 0.3 is 6.03 Å². The van der Waals surface area contributed by atoms with Crippen LogP contribution < -0.4 is 5.32 Å². The number of hydrogen-bond donors (Lipinski definition) is 1. The van der Waals surface area contributed by atoms with Crippen LogP contribution in [0.25, 0.3) is 0 Å². The van der Waals surface area contributed by atoms with Gasteiger partial charge in [0.1, 0.15) is 5.82 Å². The number of rotatable bonds is 5. The monoisotopic (exact) mass is 355 g/mol. The van der Waals surface area contributed by atoms with Gasteiger partial charge in [0.15, 0.2) is 0 Å². The van der Waals surface area contributed by atoms with Crippen molar-refractivity contribution in [2.45, 2.75) is 19.8 Å². The van der Waals surface area contributed by atoms with Gasteiger partial charge in [-0.15, -0.1) is 0 Å². The molecule has 1 aliphatic rings. The average molecular weight is 355 g/mol. The van der Waals surface area contributed by atoms with Crippen molar-refractivity contribution >= 4 is 11.7 Å². The first-order valence-corrected chi connectivity index (χ1v) is 9.26. The highest BCUT2D eigenvalue weighted by Crippen LogP contribution is 2.16. The number of carbonyl (C=O) groups excluding carboxylic acids is 1. The summed E-state index contributed by atoms with van der Waals surface area (Å²) in [5.74, 6) is -0.196. The third-order valence-corrected chi connectivity index (χ3v) is 4.93. The topological polar surface area (TPSA) is 35.6 Å². The molecule has 2 aromatic rings. The number of piperazine rings is 1. The van der Waals surface area contributed by atoms with Gasteiger partial charge in [-0.25, -0.2) is 9.18 Å². The highest BCUT2D eigenvalue weighted by atomic mass is 19.1. The number of carbonyl (C=O) groups is 1. The number of benzene rings is 2. The third-order valence-electron chi connectivity index (χ3n) is 4.93. The summed E-state index contributed by atoms with van der Waals surface area (Å²) >= 11 is 0. The van der Waals surface area contributed by atoms with Crippen LogP contribution in [0.15, 0.2) is 48.5 Å². The minimum Gasteiger partial charge on any atom is -0.322 e. The second kappa shape index (κ2) is 8.81. The molecule has 1 aliphatic heterocycles. The Labute approximate surface area is 154 Å². The number of nitrogens with zero attached hydrogens (tertiary/aromatic N) is 2. The van der Waals surface area contributed by atoms with E-state index < -0.39 is 0 Å². The Balaban J connectivity index is 1.45. The van der Waals surface area contributed by atoms with E-state index in [1.807, 2.05) is 41.3 Å². The number of urea groups is 1. The lowest BCUT2D eigenvalue weighted by atomic mass is 10.1. The Morgan fingerprint density at radius 2 is 1.73 bits per heavy atom. The molecule has 0 spiro atoms. The maximum absolute atomic E-state index is 13.0. The van der Waals surface area contributed by atoms with E-state index in [4.69, 9.17) is 0 Å². The van der Waals surface area contributed by atoms with Crippen LogP contribution in [0, 0.1) is 5.82 Å². The maximum Gasteiger partial charge on any atom is 0.321 e. The first kappa shape index (κ1) is 18.4. The fourth-order valence-corrected chi connectivity index (χ4v) is 3.26. The number of nitrogens with one attached hydrogen (secondary N) is 1. The van der Waals surface area contributed by atoms with Crippen LogP contribution in [-0.4, -0.2) is 48.6 Å². The van der Waals surface area contributed by atoms with Gasteiger partial charge in [0, 0.05) is 38.4 Å². The lowest BCUT2D eigenvalue weighted by molar-refractivity contribution is 0.148. The molecule has 0 saturated carbocycles. The molecule has 26 heavy (non-hydrogen) atoms. The molecule has 2 amide bonds. The first-order valence-electron chi connectivity index (χ1n) is 9.26. The Bertz CT molecular complexity index is 724. The van der Waals surface area contributed by atoms with Gasteiger partial charge in [-0.3, -0.25) is 4.90 Å². The molecule has 1 fully saturated rings. The van der Waals surface area contributed by atoms with E-state index in [-0.39, 0.29) is 11.8 Å². The zero-order chi connectivity index (χ0) is 18.4. The minimum absolute atomic E-state index is 0.0240. The van der Waals surface area contributed by atoms with Gasteiger partial charge in [0.25, 0.3) is 0 Å². The van der Waals surface area contributed by atoms with Gasteiger partial charge in [-0.1, -0.05) is 37.3 Å². The lowest BCUT2D eigenvalue weighted by Gasteiger charge is -2.34. The van der Waals surface area contributed by atoms with Crippen LogP contribution in [0.1, 0.15) is 18.1 Å². The predicted molar refractivity (Wildman–Crippen MR) is 103 cm³/mol. The standard InChI is InChI=1S/C21H26FN3O/c1-2-18-5-3-4-6-20(18)23-21(26)25-15-13-24(14-16-25)12-11-17-7-9-19(22)10-8-17/h3-10H,2,11-16H2,1H3,(H,23,26). The van der Waals surface area contributed by atoms with Crippen LogP contribution in [0.4, 0.5) is 14.9 Å². The highest BCUT2D eigenvalue weighted by Gasteiger charge is 2.21. The third kappa shape index (κ3) is 4.82. The fraction of sp³-hybridized carbons (Fsp3) is 0.381. The number of anilines is 1. The Morgan fingerprint density at radius 1 is 1.04 bits per heavy atom. The van der Waals surface area contributed by atoms with Crippen molar-refractivity contribution in [3.8, 4) is 0 Å². The van der Waals surface area contributed by atoms with Crippen molar-refractivity contribution in [1.29, 1.82) is 0 Å². The molecular weight excluding hydrogens is 329 g/mol. The van der Waals surface area contributed by atoms with E-state index in [2.05, 4.69) is 17.1 Å². The molecule has 0 atom stereocenters. The van der Waals surface area contributed by atoms with E-state index in [1.54, 1.807) is 0 Å². The molecule has 1 saturated heterocycles. The molecule has 1 N–H and O–H groups in total. The summed E-state index contributed by atoms with van der Waals surface area (Å²) in [4.78, 5) is 16.7. The van der Waals surface area contributed by atoms with E-state index >= 15 is 0 Å². The van der Waals surface area contributed by atoms with E-state index in [0.29, 0.717) is 0 Å². The molecule has 0 aliphatic carbocycles. The summed E-state index contributed by atoms with van der Waals surface area (Å²) < 4.78 is 13.0. The molecule has 4 nitrogen and oxygen atoms in total. The molecule has 1 heterocycles. The molecule has 0 bridgehead atoms. The first-order chi connectivity index (χ1) is 12.7. The zero-order valence-corrected chi connectivity index (χ0v) is 15.2. The maximum atomic E-state index is 13.0. The SMILES string of the molecule is CCc1ccccc1NC(=O)N1CCN(CCc2ccc(F)cc2)CC1. The second-order valence-corrected chi connectivity index (χ2v) is 6.65. The predicted octanol–water partition coefficient (Wildman–Crippen LogP) is 3.78. The highest BCUT2D eigenvalue weighted by molar-refractivity contribution is 5.90. The number of amides is 2. The van der Waals surface area contributed by atoms with Crippen LogP contribution >= 0.6 is 0 Å². The van der Waals surface area contributed by atoms with Crippen molar-refractivity contribution in [1.82, 2.24) is 9.80 Å². The fourth-order valence-electron chi connectivity index (χ4n) is 3.26. The minimum atomic E-state index is -0.196. The molecule has 3 rings (SSSR count). The molecular formula is C21H26FN3O. The molecule has 138 valence electrons. The normalized spacial score (nSPS) is 15.1. The van der Waals surface area contributed by atoms with Crippen molar-refractivity contribution in [3.05, 3.63) is 65.5 Å². The smallest absolute Gasteiger partial charge is 0.321 e.